The second-order valence-corrected chi connectivity index (χ2v) is 8.94. The van der Waals surface area contributed by atoms with Crippen LogP contribution in [0.5, 0.6) is 0 Å². The summed E-state index contributed by atoms with van der Waals surface area (Å²) in [6.07, 6.45) is 0. The molecular formula is C24H25N5O3. The molecule has 2 unspecified atom stereocenters. The Labute approximate surface area is 186 Å². The van der Waals surface area contributed by atoms with Gasteiger partial charge in [-0.1, -0.05) is 80.0 Å². The number of nitrogens with zero attached hydrogens (tertiary/aromatic N) is 5. The topological polar surface area (TPSA) is 99.3 Å². The number of aromatic nitrogens is 4. The fourth-order valence-electron chi connectivity index (χ4n) is 3.87. The quantitative estimate of drug-likeness (QED) is 0.462. The van der Waals surface area contributed by atoms with Gasteiger partial charge in [-0.15, -0.1) is 0 Å². The van der Waals surface area contributed by atoms with Gasteiger partial charge in [0.2, 0.25) is 0 Å². The van der Waals surface area contributed by atoms with Crippen LogP contribution in [0.3, 0.4) is 0 Å². The summed E-state index contributed by atoms with van der Waals surface area (Å²) in [7, 11) is 1.27. The van der Waals surface area contributed by atoms with Gasteiger partial charge in [0.25, 0.3) is 5.95 Å². The third-order valence-electron chi connectivity index (χ3n) is 5.70. The zero-order chi connectivity index (χ0) is 23.0. The van der Waals surface area contributed by atoms with Crippen molar-refractivity contribution < 1.29 is 14.3 Å². The van der Waals surface area contributed by atoms with Gasteiger partial charge >= 0.3 is 5.97 Å². The molecule has 2 atom stereocenters. The second-order valence-electron chi connectivity index (χ2n) is 8.94. The van der Waals surface area contributed by atoms with Gasteiger partial charge in [0.15, 0.2) is 5.78 Å². The SMILES string of the molecule is COC(=O)C1=Nc2nnnn2C(c2ccc(C(C)(C)C)cc2)C1C(=O)c1ccc(C)cc1. The first-order valence-electron chi connectivity index (χ1n) is 10.4. The summed E-state index contributed by atoms with van der Waals surface area (Å²) >= 11 is 0. The maximum absolute atomic E-state index is 13.7. The van der Waals surface area contributed by atoms with Crippen LogP contribution >= 0.6 is 0 Å². The summed E-state index contributed by atoms with van der Waals surface area (Å²) in [5.74, 6) is -1.72. The largest absolute Gasteiger partial charge is 0.465 e. The molecule has 0 amide bonds. The average molecular weight is 431 g/mol. The third-order valence-corrected chi connectivity index (χ3v) is 5.70. The Morgan fingerprint density at radius 3 is 2.25 bits per heavy atom. The van der Waals surface area contributed by atoms with Gasteiger partial charge < -0.3 is 4.74 Å². The summed E-state index contributed by atoms with van der Waals surface area (Å²) in [6.45, 7) is 8.35. The van der Waals surface area contributed by atoms with E-state index in [-0.39, 0.29) is 22.9 Å². The van der Waals surface area contributed by atoms with E-state index in [2.05, 4.69) is 41.3 Å². The highest BCUT2D eigenvalue weighted by Gasteiger charge is 2.44. The van der Waals surface area contributed by atoms with Gasteiger partial charge in [0.05, 0.1) is 19.1 Å². The van der Waals surface area contributed by atoms with Crippen LogP contribution in [0.2, 0.25) is 0 Å². The van der Waals surface area contributed by atoms with Crippen molar-refractivity contribution in [2.75, 3.05) is 7.11 Å². The van der Waals surface area contributed by atoms with Crippen LogP contribution < -0.4 is 0 Å². The predicted octanol–water partition coefficient (Wildman–Crippen LogP) is 3.63. The van der Waals surface area contributed by atoms with Gasteiger partial charge in [-0.3, -0.25) is 4.79 Å². The number of aliphatic imine (C=N–C) groups is 1. The van der Waals surface area contributed by atoms with Crippen molar-refractivity contribution in [1.29, 1.82) is 0 Å². The molecule has 4 rings (SSSR count). The van der Waals surface area contributed by atoms with E-state index in [1.54, 1.807) is 12.1 Å². The van der Waals surface area contributed by atoms with E-state index in [0.29, 0.717) is 5.56 Å². The first-order valence-corrected chi connectivity index (χ1v) is 10.4. The van der Waals surface area contributed by atoms with E-state index in [1.807, 2.05) is 43.3 Å². The van der Waals surface area contributed by atoms with Gasteiger partial charge in [0.1, 0.15) is 5.71 Å². The number of carbonyl (C=O) groups is 2. The molecule has 0 radical (unpaired) electrons. The Balaban J connectivity index is 1.88. The minimum Gasteiger partial charge on any atom is -0.465 e. The molecule has 0 saturated carbocycles. The van der Waals surface area contributed by atoms with Gasteiger partial charge in [-0.2, -0.15) is 0 Å². The monoisotopic (exact) mass is 431 g/mol. The van der Waals surface area contributed by atoms with Gasteiger partial charge in [0, 0.05) is 5.56 Å². The van der Waals surface area contributed by atoms with E-state index in [9.17, 15) is 9.59 Å². The average Bonchev–Trinajstić information content (AvgIpc) is 3.25. The molecule has 8 heteroatoms. The number of esters is 1. The summed E-state index contributed by atoms with van der Waals surface area (Å²) < 4.78 is 6.46. The van der Waals surface area contributed by atoms with Crippen LogP contribution in [-0.2, 0) is 14.9 Å². The molecule has 32 heavy (non-hydrogen) atoms. The minimum atomic E-state index is -0.943. The number of tetrazole rings is 1. The molecule has 0 fully saturated rings. The van der Waals surface area contributed by atoms with Crippen LogP contribution in [0, 0.1) is 12.8 Å². The van der Waals surface area contributed by atoms with Crippen LogP contribution in [0.1, 0.15) is 53.9 Å². The number of Topliss-reactive ketones (excluding diaryl/α,β-unsaturated/α-hetero) is 1. The Morgan fingerprint density at radius 2 is 1.66 bits per heavy atom. The first kappa shape index (κ1) is 21.5. The second kappa shape index (κ2) is 8.11. The normalized spacial score (nSPS) is 18.0. The lowest BCUT2D eigenvalue weighted by molar-refractivity contribution is -0.133. The minimum absolute atomic E-state index is 0.00901. The lowest BCUT2D eigenvalue weighted by atomic mass is 9.80. The van der Waals surface area contributed by atoms with Crippen molar-refractivity contribution in [2.24, 2.45) is 10.9 Å². The number of aryl methyl sites for hydroxylation is 1. The zero-order valence-corrected chi connectivity index (χ0v) is 18.7. The number of benzene rings is 2. The number of rotatable bonds is 4. The van der Waals surface area contributed by atoms with Crippen molar-refractivity contribution in [3.63, 3.8) is 0 Å². The maximum atomic E-state index is 13.7. The van der Waals surface area contributed by atoms with E-state index in [4.69, 9.17) is 4.74 Å². The summed E-state index contributed by atoms with van der Waals surface area (Å²) in [5.41, 5.74) is 3.42. The molecule has 0 spiro atoms. The maximum Gasteiger partial charge on any atom is 0.353 e. The van der Waals surface area contributed by atoms with Crippen molar-refractivity contribution >= 4 is 23.4 Å². The number of carbonyl (C=O) groups excluding carboxylic acids is 2. The molecule has 0 bridgehead atoms. The molecule has 0 saturated heterocycles. The summed E-state index contributed by atoms with van der Waals surface area (Å²) in [6, 6.07) is 14.5. The Hall–Kier alpha value is -3.68. The third kappa shape index (κ3) is 3.84. The smallest absolute Gasteiger partial charge is 0.353 e. The lowest BCUT2D eigenvalue weighted by Gasteiger charge is -2.30. The van der Waals surface area contributed by atoms with E-state index in [0.717, 1.165) is 16.7 Å². The summed E-state index contributed by atoms with van der Waals surface area (Å²) in [4.78, 5) is 30.7. The molecule has 3 aromatic rings. The van der Waals surface area contributed by atoms with Gasteiger partial charge in [-0.05, 0) is 33.9 Å². The molecule has 0 aliphatic carbocycles. The fraction of sp³-hybridized carbons (Fsp3) is 0.333. The molecule has 0 N–H and O–H groups in total. The van der Waals surface area contributed by atoms with Crippen molar-refractivity contribution in [1.82, 2.24) is 20.2 Å². The van der Waals surface area contributed by atoms with Crippen LogP contribution in [0.15, 0.2) is 53.5 Å². The summed E-state index contributed by atoms with van der Waals surface area (Å²) in [5, 5.41) is 11.7. The standard InChI is InChI=1S/C24H25N5O3/c1-14-6-8-16(9-7-14)21(30)18-19(22(31)32-5)25-23-26-27-28-29(23)20(18)15-10-12-17(13-11-15)24(2,3)4/h6-13,18,20H,1-5H3. The first-order chi connectivity index (χ1) is 15.2. The van der Waals surface area contributed by atoms with Crippen molar-refractivity contribution in [3.05, 3.63) is 70.8 Å². The Morgan fingerprint density at radius 1 is 1.00 bits per heavy atom. The van der Waals surface area contributed by atoms with E-state index >= 15 is 0 Å². The lowest BCUT2D eigenvalue weighted by Crippen LogP contribution is -2.41. The molecule has 8 nitrogen and oxygen atoms in total. The highest BCUT2D eigenvalue weighted by Crippen LogP contribution is 2.37. The highest BCUT2D eigenvalue weighted by atomic mass is 16.5. The predicted molar refractivity (Wildman–Crippen MR) is 119 cm³/mol. The van der Waals surface area contributed by atoms with Crippen LogP contribution in [0.4, 0.5) is 5.95 Å². The molecule has 1 aliphatic heterocycles. The molecular weight excluding hydrogens is 406 g/mol. The van der Waals surface area contributed by atoms with Crippen molar-refractivity contribution in [2.45, 2.75) is 39.2 Å². The molecule has 2 heterocycles. The number of ether oxygens (including phenoxy) is 1. The number of hydrogen-bond donors (Lipinski definition) is 0. The van der Waals surface area contributed by atoms with Crippen molar-refractivity contribution in [3.8, 4) is 0 Å². The molecule has 164 valence electrons. The number of methoxy groups -OCH3 is 1. The van der Waals surface area contributed by atoms with E-state index in [1.165, 1.54) is 11.8 Å². The Bertz CT molecular complexity index is 1190. The fourth-order valence-corrected chi connectivity index (χ4v) is 3.87. The molecule has 2 aromatic carbocycles. The van der Waals surface area contributed by atoms with Gasteiger partial charge in [-0.25, -0.2) is 14.5 Å². The number of hydrogen-bond acceptors (Lipinski definition) is 7. The number of fused-ring (bicyclic) bond motifs is 1. The Kier molecular flexibility index (Phi) is 5.46. The van der Waals surface area contributed by atoms with Crippen LogP contribution in [-0.4, -0.2) is 44.8 Å². The van der Waals surface area contributed by atoms with E-state index < -0.39 is 17.9 Å². The zero-order valence-electron chi connectivity index (χ0n) is 18.7. The number of ketones is 1. The molecule has 1 aromatic heterocycles. The van der Waals surface area contributed by atoms with Crippen LogP contribution in [0.25, 0.3) is 0 Å². The highest BCUT2D eigenvalue weighted by molar-refractivity contribution is 6.42. The molecule has 1 aliphatic rings.